The van der Waals surface area contributed by atoms with E-state index in [2.05, 4.69) is 197 Å². The molecule has 0 aliphatic rings. The van der Waals surface area contributed by atoms with Gasteiger partial charge in [-0.3, -0.25) is 0 Å². The third-order valence-corrected chi connectivity index (χ3v) is 13.6. The molecular formula is C57H35N5S. The average Bonchev–Trinajstić information content (AvgIpc) is 4.02. The van der Waals surface area contributed by atoms with Crippen molar-refractivity contribution in [1.29, 1.82) is 0 Å². The number of aromatic nitrogens is 5. The van der Waals surface area contributed by atoms with Crippen molar-refractivity contribution in [3.05, 3.63) is 212 Å². The van der Waals surface area contributed by atoms with Gasteiger partial charge in [-0.15, -0.1) is 11.3 Å². The summed E-state index contributed by atoms with van der Waals surface area (Å²) in [4.78, 5) is 15.7. The molecule has 0 unspecified atom stereocenters. The molecule has 9 aromatic carbocycles. The Hall–Kier alpha value is -8.19. The molecule has 4 aromatic heterocycles. The molecule has 294 valence electrons. The molecule has 0 aliphatic heterocycles. The zero-order valence-electron chi connectivity index (χ0n) is 33.9. The first-order valence-corrected chi connectivity index (χ1v) is 22.0. The molecule has 5 nitrogen and oxygen atoms in total. The van der Waals surface area contributed by atoms with Crippen molar-refractivity contribution in [2.45, 2.75) is 0 Å². The third-order valence-electron chi connectivity index (χ3n) is 12.4. The SMILES string of the molecule is c1ccc(-c2cccc(-c3nc(-c4ccccc4)nc(-c4cccc5c4c4ccc6c7cc(-n8c9ccccc9c9ccccc98)ccc7sc6c4n5-c4ccccc4)n3)c2)cc1. The summed E-state index contributed by atoms with van der Waals surface area (Å²) in [7, 11) is 0. The lowest BCUT2D eigenvalue weighted by Crippen LogP contribution is -2.00. The van der Waals surface area contributed by atoms with Gasteiger partial charge in [-0.25, -0.2) is 15.0 Å². The second kappa shape index (κ2) is 14.2. The minimum absolute atomic E-state index is 0.631. The highest BCUT2D eigenvalue weighted by Gasteiger charge is 2.23. The van der Waals surface area contributed by atoms with Gasteiger partial charge in [0.05, 0.1) is 26.8 Å². The predicted octanol–water partition coefficient (Wildman–Crippen LogP) is 15.1. The lowest BCUT2D eigenvalue weighted by molar-refractivity contribution is 1.08. The molecule has 13 rings (SSSR count). The van der Waals surface area contributed by atoms with Gasteiger partial charge in [-0.05, 0) is 65.7 Å². The van der Waals surface area contributed by atoms with Gasteiger partial charge >= 0.3 is 0 Å². The summed E-state index contributed by atoms with van der Waals surface area (Å²) >= 11 is 1.86. The third kappa shape index (κ3) is 5.66. The van der Waals surface area contributed by atoms with Crippen molar-refractivity contribution >= 4 is 75.1 Å². The normalized spacial score (nSPS) is 11.8. The van der Waals surface area contributed by atoms with E-state index in [1.54, 1.807) is 0 Å². The molecular weight excluding hydrogens is 787 g/mol. The molecule has 0 N–H and O–H groups in total. The Labute approximate surface area is 366 Å². The predicted molar refractivity (Wildman–Crippen MR) is 263 cm³/mol. The number of rotatable bonds is 6. The van der Waals surface area contributed by atoms with Gasteiger partial charge in [-0.1, -0.05) is 158 Å². The number of para-hydroxylation sites is 3. The topological polar surface area (TPSA) is 48.5 Å². The Morgan fingerprint density at radius 3 is 1.65 bits per heavy atom. The van der Waals surface area contributed by atoms with E-state index in [9.17, 15) is 0 Å². The molecule has 0 spiro atoms. The second-order valence-corrected chi connectivity index (χ2v) is 17.0. The van der Waals surface area contributed by atoms with Gasteiger partial charge in [0.1, 0.15) is 0 Å². The Bertz CT molecular complexity index is 3850. The van der Waals surface area contributed by atoms with Crippen LogP contribution in [0, 0.1) is 0 Å². The van der Waals surface area contributed by atoms with Crippen LogP contribution in [0.5, 0.6) is 0 Å². The molecule has 0 bridgehead atoms. The Balaban J connectivity index is 1.06. The molecule has 13 aromatic rings. The molecule has 0 aliphatic carbocycles. The van der Waals surface area contributed by atoms with Crippen LogP contribution in [-0.4, -0.2) is 24.1 Å². The second-order valence-electron chi connectivity index (χ2n) is 16.0. The first-order valence-electron chi connectivity index (χ1n) is 21.2. The van der Waals surface area contributed by atoms with Crippen LogP contribution in [0.3, 0.4) is 0 Å². The summed E-state index contributed by atoms with van der Waals surface area (Å²) in [5.74, 6) is 1.90. The van der Waals surface area contributed by atoms with E-state index in [4.69, 9.17) is 15.0 Å². The van der Waals surface area contributed by atoms with Gasteiger partial charge in [0.15, 0.2) is 17.5 Å². The number of thiophene rings is 1. The van der Waals surface area contributed by atoms with Crippen molar-refractivity contribution < 1.29 is 0 Å². The fourth-order valence-corrected chi connectivity index (χ4v) is 10.8. The molecule has 4 heterocycles. The molecule has 0 radical (unpaired) electrons. The highest BCUT2D eigenvalue weighted by molar-refractivity contribution is 7.26. The van der Waals surface area contributed by atoms with E-state index in [0.717, 1.165) is 55.5 Å². The Morgan fingerprint density at radius 1 is 0.333 bits per heavy atom. The summed E-state index contributed by atoms with van der Waals surface area (Å²) in [5.41, 5.74) is 12.0. The quantitative estimate of drug-likeness (QED) is 0.168. The fourth-order valence-electron chi connectivity index (χ4n) is 9.55. The molecule has 0 atom stereocenters. The van der Waals surface area contributed by atoms with E-state index in [0.29, 0.717) is 17.5 Å². The number of hydrogen-bond acceptors (Lipinski definition) is 4. The molecule has 6 heteroatoms. The van der Waals surface area contributed by atoms with Crippen LogP contribution in [0.15, 0.2) is 212 Å². The Kier molecular flexibility index (Phi) is 8.01. The first kappa shape index (κ1) is 35.6. The van der Waals surface area contributed by atoms with Gasteiger partial charge in [0.2, 0.25) is 0 Å². The molecule has 0 amide bonds. The Morgan fingerprint density at radius 2 is 0.905 bits per heavy atom. The lowest BCUT2D eigenvalue weighted by Gasteiger charge is -2.11. The molecule has 63 heavy (non-hydrogen) atoms. The van der Waals surface area contributed by atoms with E-state index < -0.39 is 0 Å². The highest BCUT2D eigenvalue weighted by atomic mass is 32.1. The minimum Gasteiger partial charge on any atom is -0.309 e. The van der Waals surface area contributed by atoms with Gasteiger partial charge in [0.25, 0.3) is 0 Å². The van der Waals surface area contributed by atoms with Crippen molar-refractivity contribution in [3.63, 3.8) is 0 Å². The largest absolute Gasteiger partial charge is 0.309 e. The zero-order valence-corrected chi connectivity index (χ0v) is 34.7. The van der Waals surface area contributed by atoms with Gasteiger partial charge in [-0.2, -0.15) is 0 Å². The van der Waals surface area contributed by atoms with Crippen LogP contribution in [0.2, 0.25) is 0 Å². The average molecular weight is 822 g/mol. The van der Waals surface area contributed by atoms with Crippen molar-refractivity contribution in [2.75, 3.05) is 0 Å². The van der Waals surface area contributed by atoms with Crippen molar-refractivity contribution in [3.8, 4) is 56.7 Å². The maximum absolute atomic E-state index is 5.32. The standard InChI is InChI=1S/C57H35N5S/c1-4-16-36(17-5-1)38-20-14-21-39(34-38)56-58-55(37-18-6-2-7-19-37)59-57(60-56)46-26-15-29-50-52(46)45-32-31-44-47-35-41(61-48-27-12-10-24-42(48)43-25-11-13-28-49(43)61)30-33-51(47)63-54(44)53(45)62(50)40-22-8-3-9-23-40/h1-35H. The summed E-state index contributed by atoms with van der Waals surface area (Å²) in [5, 5.41) is 7.26. The highest BCUT2D eigenvalue weighted by Crippen LogP contribution is 2.46. The maximum Gasteiger partial charge on any atom is 0.164 e. The van der Waals surface area contributed by atoms with Crippen LogP contribution < -0.4 is 0 Å². The molecule has 0 fully saturated rings. The fraction of sp³-hybridized carbons (Fsp3) is 0. The summed E-state index contributed by atoms with van der Waals surface area (Å²) in [6.07, 6.45) is 0. The maximum atomic E-state index is 5.32. The monoisotopic (exact) mass is 821 g/mol. The van der Waals surface area contributed by atoms with Crippen molar-refractivity contribution in [2.24, 2.45) is 0 Å². The first-order chi connectivity index (χ1) is 31.2. The smallest absolute Gasteiger partial charge is 0.164 e. The van der Waals surface area contributed by atoms with Crippen molar-refractivity contribution in [1.82, 2.24) is 24.1 Å². The molecule has 0 saturated carbocycles. The van der Waals surface area contributed by atoms with Crippen LogP contribution in [0.25, 0.3) is 120 Å². The summed E-state index contributed by atoms with van der Waals surface area (Å²) in [6.45, 7) is 0. The number of benzene rings is 9. The molecule has 0 saturated heterocycles. The number of hydrogen-bond donors (Lipinski definition) is 0. The van der Waals surface area contributed by atoms with Crippen LogP contribution in [0.4, 0.5) is 0 Å². The van der Waals surface area contributed by atoms with Gasteiger partial charge < -0.3 is 9.13 Å². The summed E-state index contributed by atoms with van der Waals surface area (Å²) < 4.78 is 7.33. The summed E-state index contributed by atoms with van der Waals surface area (Å²) in [6, 6.07) is 75.4. The lowest BCUT2D eigenvalue weighted by atomic mass is 10.0. The zero-order chi connectivity index (χ0) is 41.4. The number of fused-ring (bicyclic) bond motifs is 10. The minimum atomic E-state index is 0.631. The van der Waals surface area contributed by atoms with E-state index in [1.165, 1.54) is 47.5 Å². The van der Waals surface area contributed by atoms with E-state index in [-0.39, 0.29) is 0 Å². The van der Waals surface area contributed by atoms with Gasteiger partial charge in [0, 0.05) is 65.1 Å². The van der Waals surface area contributed by atoms with Crippen LogP contribution in [-0.2, 0) is 0 Å². The number of nitrogens with zero attached hydrogens (tertiary/aromatic N) is 5. The van der Waals surface area contributed by atoms with E-state index in [1.807, 2.05) is 35.6 Å². The van der Waals surface area contributed by atoms with Crippen LogP contribution >= 0.6 is 11.3 Å². The van der Waals surface area contributed by atoms with E-state index >= 15 is 0 Å². The van der Waals surface area contributed by atoms with Crippen LogP contribution in [0.1, 0.15) is 0 Å².